The molecular formula is C22H21N5O3S. The molecule has 8 nitrogen and oxygen atoms in total. The highest BCUT2D eigenvalue weighted by molar-refractivity contribution is 7.99. The van der Waals surface area contributed by atoms with Crippen LogP contribution in [0.2, 0.25) is 0 Å². The van der Waals surface area contributed by atoms with Gasteiger partial charge in [-0.3, -0.25) is 23.3 Å². The number of ketones is 1. The van der Waals surface area contributed by atoms with Gasteiger partial charge in [0.25, 0.3) is 5.56 Å². The second-order valence-electron chi connectivity index (χ2n) is 7.23. The Balaban J connectivity index is 1.73. The first-order chi connectivity index (χ1) is 14.8. The number of rotatable bonds is 5. The molecule has 4 aromatic rings. The summed E-state index contributed by atoms with van der Waals surface area (Å²) >= 11 is 1.22. The van der Waals surface area contributed by atoms with Crippen molar-refractivity contribution in [2.75, 3.05) is 11.5 Å². The van der Waals surface area contributed by atoms with Crippen LogP contribution in [0.5, 0.6) is 0 Å². The van der Waals surface area contributed by atoms with Crippen molar-refractivity contribution < 1.29 is 4.79 Å². The molecule has 4 rings (SSSR count). The average Bonchev–Trinajstić information content (AvgIpc) is 3.14. The van der Waals surface area contributed by atoms with Gasteiger partial charge in [-0.2, -0.15) is 0 Å². The highest BCUT2D eigenvalue weighted by Crippen LogP contribution is 2.28. The second kappa shape index (κ2) is 7.92. The van der Waals surface area contributed by atoms with Crippen LogP contribution in [0.15, 0.2) is 63.3 Å². The molecule has 2 aromatic heterocycles. The maximum Gasteiger partial charge on any atom is 0.332 e. The number of thioether (sulfide) groups is 1. The molecule has 0 amide bonds. The Morgan fingerprint density at radius 1 is 1.03 bits per heavy atom. The molecule has 158 valence electrons. The Bertz CT molecular complexity index is 1430. The van der Waals surface area contributed by atoms with Crippen molar-refractivity contribution in [3.63, 3.8) is 0 Å². The minimum Gasteiger partial charge on any atom is -0.384 e. The van der Waals surface area contributed by atoms with Crippen molar-refractivity contribution >= 4 is 34.4 Å². The summed E-state index contributed by atoms with van der Waals surface area (Å²) in [6, 6.07) is 15.7. The van der Waals surface area contributed by atoms with E-state index in [-0.39, 0.29) is 17.1 Å². The lowest BCUT2D eigenvalue weighted by atomic mass is 10.2. The molecule has 31 heavy (non-hydrogen) atoms. The number of fused-ring (bicyclic) bond motifs is 1. The zero-order chi connectivity index (χ0) is 22.3. The van der Waals surface area contributed by atoms with E-state index >= 15 is 0 Å². The van der Waals surface area contributed by atoms with E-state index in [9.17, 15) is 14.4 Å². The number of anilines is 1. The zero-order valence-corrected chi connectivity index (χ0v) is 18.1. The van der Waals surface area contributed by atoms with Crippen LogP contribution in [0.1, 0.15) is 15.9 Å². The number of imidazole rings is 1. The fourth-order valence-corrected chi connectivity index (χ4v) is 4.27. The first-order valence-electron chi connectivity index (χ1n) is 9.55. The van der Waals surface area contributed by atoms with Crippen molar-refractivity contribution in [1.82, 2.24) is 18.7 Å². The maximum atomic E-state index is 12.9. The van der Waals surface area contributed by atoms with E-state index in [4.69, 9.17) is 5.73 Å². The highest BCUT2D eigenvalue weighted by Gasteiger charge is 2.22. The molecular weight excluding hydrogens is 414 g/mol. The highest BCUT2D eigenvalue weighted by atomic mass is 32.2. The number of aryl methyl sites for hydroxylation is 1. The standard InChI is InChI=1S/C22H21N5O3S/c1-13-8-10-14(11-9-13)27-16-7-5-4-6-15(16)24-21(27)31-12-17(28)18-19(23)25(2)22(30)26(3)20(18)29/h4-11H,12,23H2,1-3H3. The Kier molecular flexibility index (Phi) is 5.28. The SMILES string of the molecule is Cc1ccc(-n2c(SCC(=O)c3c(N)n(C)c(=O)n(C)c3=O)nc3ccccc32)cc1. The van der Waals surface area contributed by atoms with Crippen LogP contribution >= 0.6 is 11.8 Å². The van der Waals surface area contributed by atoms with Crippen molar-refractivity contribution in [2.24, 2.45) is 14.1 Å². The third-order valence-electron chi connectivity index (χ3n) is 5.14. The predicted molar refractivity (Wildman–Crippen MR) is 122 cm³/mol. The number of carbonyl (C=O) groups is 1. The molecule has 0 fully saturated rings. The van der Waals surface area contributed by atoms with Gasteiger partial charge in [-0.1, -0.05) is 41.6 Å². The number of para-hydroxylation sites is 2. The molecule has 9 heteroatoms. The fraction of sp³-hybridized carbons (Fsp3) is 0.182. The van der Waals surface area contributed by atoms with Crippen LogP contribution < -0.4 is 17.0 Å². The normalized spacial score (nSPS) is 11.2. The summed E-state index contributed by atoms with van der Waals surface area (Å²) in [7, 11) is 2.75. The quantitative estimate of drug-likeness (QED) is 0.381. The molecule has 0 aliphatic rings. The van der Waals surface area contributed by atoms with Gasteiger partial charge in [0.15, 0.2) is 10.9 Å². The Morgan fingerprint density at radius 2 is 1.71 bits per heavy atom. The van der Waals surface area contributed by atoms with E-state index in [2.05, 4.69) is 4.98 Å². The van der Waals surface area contributed by atoms with E-state index in [1.807, 2.05) is 60.0 Å². The molecule has 2 aromatic carbocycles. The summed E-state index contributed by atoms with van der Waals surface area (Å²) in [6.07, 6.45) is 0. The first kappa shape index (κ1) is 20.7. The second-order valence-corrected chi connectivity index (χ2v) is 8.17. The fourth-order valence-electron chi connectivity index (χ4n) is 3.37. The summed E-state index contributed by atoms with van der Waals surface area (Å²) in [5, 5.41) is 0.624. The van der Waals surface area contributed by atoms with Crippen LogP contribution in [0, 0.1) is 6.92 Å². The molecule has 0 aliphatic carbocycles. The average molecular weight is 436 g/mol. The van der Waals surface area contributed by atoms with E-state index in [0.29, 0.717) is 5.16 Å². The number of nitrogen functional groups attached to an aromatic ring is 1. The van der Waals surface area contributed by atoms with Crippen molar-refractivity contribution in [3.8, 4) is 5.69 Å². The van der Waals surface area contributed by atoms with Crippen LogP contribution in [0.4, 0.5) is 5.82 Å². The minimum absolute atomic E-state index is 0.0488. The lowest BCUT2D eigenvalue weighted by Gasteiger charge is -2.11. The van der Waals surface area contributed by atoms with Gasteiger partial charge in [0.1, 0.15) is 11.4 Å². The number of benzene rings is 2. The topological polar surface area (TPSA) is 105 Å². The molecule has 0 atom stereocenters. The maximum absolute atomic E-state index is 12.9. The lowest BCUT2D eigenvalue weighted by Crippen LogP contribution is -2.41. The summed E-state index contributed by atoms with van der Waals surface area (Å²) < 4.78 is 3.96. The Hall–Kier alpha value is -3.59. The monoisotopic (exact) mass is 435 g/mol. The summed E-state index contributed by atoms with van der Waals surface area (Å²) in [5.41, 5.74) is 8.24. The van der Waals surface area contributed by atoms with Crippen LogP contribution in [0.25, 0.3) is 16.7 Å². The number of hydrogen-bond donors (Lipinski definition) is 1. The summed E-state index contributed by atoms with van der Waals surface area (Å²) in [6.45, 7) is 2.02. The van der Waals surface area contributed by atoms with Crippen molar-refractivity contribution in [1.29, 1.82) is 0 Å². The number of hydrogen-bond acceptors (Lipinski definition) is 6. The van der Waals surface area contributed by atoms with Gasteiger partial charge in [-0.05, 0) is 31.2 Å². The largest absolute Gasteiger partial charge is 0.384 e. The molecule has 0 bridgehead atoms. The Labute approximate surface area is 181 Å². The van der Waals surface area contributed by atoms with E-state index in [1.54, 1.807) is 0 Å². The predicted octanol–water partition coefficient (Wildman–Crippen LogP) is 2.29. The van der Waals surface area contributed by atoms with Gasteiger partial charge >= 0.3 is 5.69 Å². The van der Waals surface area contributed by atoms with Gasteiger partial charge in [-0.15, -0.1) is 0 Å². The van der Waals surface area contributed by atoms with Gasteiger partial charge in [-0.25, -0.2) is 9.78 Å². The number of aromatic nitrogens is 4. The third kappa shape index (κ3) is 3.57. The van der Waals surface area contributed by atoms with Gasteiger partial charge in [0.2, 0.25) is 0 Å². The van der Waals surface area contributed by atoms with Crippen LogP contribution in [-0.4, -0.2) is 30.2 Å². The van der Waals surface area contributed by atoms with Gasteiger partial charge < -0.3 is 5.73 Å². The number of Topliss-reactive ketones (excluding diaryl/α,β-unsaturated/α-hetero) is 1. The molecule has 2 heterocycles. The smallest absolute Gasteiger partial charge is 0.332 e. The zero-order valence-electron chi connectivity index (χ0n) is 17.3. The third-order valence-corrected chi connectivity index (χ3v) is 6.08. The van der Waals surface area contributed by atoms with E-state index < -0.39 is 17.0 Å². The lowest BCUT2D eigenvalue weighted by molar-refractivity contribution is 0.102. The minimum atomic E-state index is -0.696. The summed E-state index contributed by atoms with van der Waals surface area (Å²) in [5.74, 6) is -0.640. The van der Waals surface area contributed by atoms with Crippen LogP contribution in [0.3, 0.4) is 0 Å². The molecule has 2 N–H and O–H groups in total. The molecule has 0 aliphatic heterocycles. The van der Waals surface area contributed by atoms with E-state index in [0.717, 1.165) is 31.4 Å². The molecule has 0 unspecified atom stereocenters. The number of carbonyl (C=O) groups excluding carboxylic acids is 1. The molecule has 0 saturated carbocycles. The van der Waals surface area contributed by atoms with Crippen LogP contribution in [-0.2, 0) is 14.1 Å². The molecule has 0 spiro atoms. The number of nitrogens with zero attached hydrogens (tertiary/aromatic N) is 4. The van der Waals surface area contributed by atoms with E-state index in [1.165, 1.54) is 25.9 Å². The Morgan fingerprint density at radius 3 is 2.42 bits per heavy atom. The molecule has 0 radical (unpaired) electrons. The van der Waals surface area contributed by atoms with Gasteiger partial charge in [0, 0.05) is 19.8 Å². The first-order valence-corrected chi connectivity index (χ1v) is 10.5. The van der Waals surface area contributed by atoms with Crippen molar-refractivity contribution in [2.45, 2.75) is 12.1 Å². The summed E-state index contributed by atoms with van der Waals surface area (Å²) in [4.78, 5) is 42.1. The molecule has 0 saturated heterocycles. The van der Waals surface area contributed by atoms with Gasteiger partial charge in [0.05, 0.1) is 16.8 Å². The number of nitrogens with two attached hydrogens (primary N) is 1. The van der Waals surface area contributed by atoms with Crippen molar-refractivity contribution in [3.05, 3.63) is 80.5 Å².